The highest BCUT2D eigenvalue weighted by Gasteiger charge is 2.18. The van der Waals surface area contributed by atoms with Gasteiger partial charge in [0.25, 0.3) is 5.91 Å². The number of morpholine rings is 1. The first-order chi connectivity index (χ1) is 11.2. The number of aryl methyl sites for hydroxylation is 1. The van der Waals surface area contributed by atoms with Crippen LogP contribution in [0.5, 0.6) is 0 Å². The lowest BCUT2D eigenvalue weighted by molar-refractivity contribution is 0.0250. The Morgan fingerprint density at radius 1 is 1.48 bits per heavy atom. The number of carbonyl (C=O) groups excluding carboxylic acids is 1. The molecule has 0 aromatic carbocycles. The number of H-pyrrole nitrogens is 1. The van der Waals surface area contributed by atoms with Crippen molar-refractivity contribution in [1.29, 1.82) is 0 Å². The van der Waals surface area contributed by atoms with Gasteiger partial charge in [-0.25, -0.2) is 0 Å². The standard InChI is InChI=1S/C16H21N5O2/c1-3-12-10(2)15(21-20-12)16(22)19-11-4-5-13(18-8-11)14-9-17-6-7-23-14/h4-5,8,14,17H,3,6-7,9H2,1-2H3,(H,19,22)(H,20,21). The second-order valence-corrected chi connectivity index (χ2v) is 5.52. The van der Waals surface area contributed by atoms with Crippen molar-refractivity contribution in [3.05, 3.63) is 41.0 Å². The van der Waals surface area contributed by atoms with Gasteiger partial charge in [0, 0.05) is 24.3 Å². The Labute approximate surface area is 134 Å². The van der Waals surface area contributed by atoms with Gasteiger partial charge in [-0.3, -0.25) is 14.9 Å². The zero-order valence-corrected chi connectivity index (χ0v) is 13.3. The molecule has 1 aliphatic rings. The van der Waals surface area contributed by atoms with Crippen molar-refractivity contribution in [2.45, 2.75) is 26.4 Å². The van der Waals surface area contributed by atoms with Gasteiger partial charge in [-0.1, -0.05) is 6.92 Å². The smallest absolute Gasteiger partial charge is 0.276 e. The molecule has 1 unspecified atom stereocenters. The highest BCUT2D eigenvalue weighted by atomic mass is 16.5. The van der Waals surface area contributed by atoms with Crippen molar-refractivity contribution in [2.75, 3.05) is 25.0 Å². The van der Waals surface area contributed by atoms with Gasteiger partial charge in [0.2, 0.25) is 0 Å². The first-order valence-electron chi connectivity index (χ1n) is 7.82. The van der Waals surface area contributed by atoms with E-state index < -0.39 is 0 Å². The molecule has 0 radical (unpaired) electrons. The van der Waals surface area contributed by atoms with Gasteiger partial charge >= 0.3 is 0 Å². The monoisotopic (exact) mass is 315 g/mol. The highest BCUT2D eigenvalue weighted by Crippen LogP contribution is 2.19. The molecule has 7 heteroatoms. The fourth-order valence-corrected chi connectivity index (χ4v) is 2.61. The van der Waals surface area contributed by atoms with Crippen molar-refractivity contribution in [1.82, 2.24) is 20.5 Å². The van der Waals surface area contributed by atoms with E-state index in [1.807, 2.05) is 26.0 Å². The van der Waals surface area contributed by atoms with Gasteiger partial charge in [-0.15, -0.1) is 0 Å². The molecule has 0 aliphatic carbocycles. The van der Waals surface area contributed by atoms with Crippen LogP contribution in [0.4, 0.5) is 5.69 Å². The van der Waals surface area contributed by atoms with Crippen molar-refractivity contribution >= 4 is 11.6 Å². The molecule has 0 bridgehead atoms. The maximum Gasteiger partial charge on any atom is 0.276 e. The third-order valence-electron chi connectivity index (χ3n) is 3.98. The molecular formula is C16H21N5O2. The number of nitrogens with one attached hydrogen (secondary N) is 3. The predicted octanol–water partition coefficient (Wildman–Crippen LogP) is 1.59. The molecule has 7 nitrogen and oxygen atoms in total. The quantitative estimate of drug-likeness (QED) is 0.797. The van der Waals surface area contributed by atoms with Crippen LogP contribution in [-0.4, -0.2) is 40.8 Å². The maximum absolute atomic E-state index is 12.3. The molecule has 122 valence electrons. The zero-order valence-electron chi connectivity index (χ0n) is 13.3. The number of anilines is 1. The fraction of sp³-hybridized carbons (Fsp3) is 0.438. The van der Waals surface area contributed by atoms with Crippen LogP contribution in [0.15, 0.2) is 18.3 Å². The first-order valence-corrected chi connectivity index (χ1v) is 7.82. The molecule has 1 amide bonds. The summed E-state index contributed by atoms with van der Waals surface area (Å²) in [5, 5.41) is 13.1. The SMILES string of the molecule is CCc1[nH]nc(C(=O)Nc2ccc(C3CNCCO3)nc2)c1C. The lowest BCUT2D eigenvalue weighted by Gasteiger charge is -2.23. The van der Waals surface area contributed by atoms with E-state index in [9.17, 15) is 4.79 Å². The van der Waals surface area contributed by atoms with Gasteiger partial charge in [0.15, 0.2) is 5.69 Å². The highest BCUT2D eigenvalue weighted by molar-refractivity contribution is 6.03. The molecule has 1 fully saturated rings. The van der Waals surface area contributed by atoms with Crippen LogP contribution < -0.4 is 10.6 Å². The normalized spacial score (nSPS) is 17.9. The van der Waals surface area contributed by atoms with E-state index in [4.69, 9.17) is 4.74 Å². The lowest BCUT2D eigenvalue weighted by atomic mass is 10.1. The summed E-state index contributed by atoms with van der Waals surface area (Å²) in [5.74, 6) is -0.233. The second kappa shape index (κ2) is 6.89. The number of pyridine rings is 1. The molecule has 1 atom stereocenters. The van der Waals surface area contributed by atoms with E-state index in [-0.39, 0.29) is 12.0 Å². The van der Waals surface area contributed by atoms with Crippen LogP contribution in [0.3, 0.4) is 0 Å². The Hall–Kier alpha value is -2.25. The van der Waals surface area contributed by atoms with Crippen molar-refractivity contribution in [3.63, 3.8) is 0 Å². The molecule has 2 aromatic heterocycles. The number of rotatable bonds is 4. The third kappa shape index (κ3) is 3.40. The number of hydrogen-bond donors (Lipinski definition) is 3. The van der Waals surface area contributed by atoms with Crippen molar-refractivity contribution < 1.29 is 9.53 Å². The number of amides is 1. The van der Waals surface area contributed by atoms with Gasteiger partial charge < -0.3 is 15.4 Å². The average molecular weight is 315 g/mol. The number of aromatic nitrogens is 3. The van der Waals surface area contributed by atoms with E-state index in [1.165, 1.54) is 0 Å². The Kier molecular flexibility index (Phi) is 4.68. The van der Waals surface area contributed by atoms with Crippen LogP contribution >= 0.6 is 0 Å². The first kappa shape index (κ1) is 15.6. The van der Waals surface area contributed by atoms with Gasteiger partial charge in [-0.2, -0.15) is 5.10 Å². The van der Waals surface area contributed by atoms with Crippen LogP contribution in [0.25, 0.3) is 0 Å². The topological polar surface area (TPSA) is 91.9 Å². The number of nitrogens with zero attached hydrogens (tertiary/aromatic N) is 2. The molecule has 1 aliphatic heterocycles. The molecule has 3 N–H and O–H groups in total. The van der Waals surface area contributed by atoms with Crippen LogP contribution in [0.1, 0.15) is 40.5 Å². The van der Waals surface area contributed by atoms with E-state index in [1.54, 1.807) is 6.20 Å². The average Bonchev–Trinajstić information content (AvgIpc) is 2.97. The number of carbonyl (C=O) groups is 1. The molecule has 0 saturated carbocycles. The Morgan fingerprint density at radius 3 is 2.96 bits per heavy atom. The summed E-state index contributed by atoms with van der Waals surface area (Å²) in [6, 6.07) is 3.71. The van der Waals surface area contributed by atoms with Gasteiger partial charge in [0.1, 0.15) is 6.10 Å². The third-order valence-corrected chi connectivity index (χ3v) is 3.98. The molecule has 3 heterocycles. The number of hydrogen-bond acceptors (Lipinski definition) is 5. The van der Waals surface area contributed by atoms with Crippen molar-refractivity contribution in [2.24, 2.45) is 0 Å². The van der Waals surface area contributed by atoms with Crippen LogP contribution in [0, 0.1) is 6.92 Å². The maximum atomic E-state index is 12.3. The predicted molar refractivity (Wildman–Crippen MR) is 86.5 cm³/mol. The van der Waals surface area contributed by atoms with E-state index >= 15 is 0 Å². The van der Waals surface area contributed by atoms with E-state index in [2.05, 4.69) is 25.8 Å². The minimum Gasteiger partial charge on any atom is -0.369 e. The fourth-order valence-electron chi connectivity index (χ4n) is 2.61. The van der Waals surface area contributed by atoms with Gasteiger partial charge in [0.05, 0.1) is 24.2 Å². The van der Waals surface area contributed by atoms with E-state index in [0.717, 1.165) is 36.5 Å². The molecule has 23 heavy (non-hydrogen) atoms. The van der Waals surface area contributed by atoms with Gasteiger partial charge in [-0.05, 0) is 25.5 Å². The van der Waals surface area contributed by atoms with Crippen LogP contribution in [0.2, 0.25) is 0 Å². The lowest BCUT2D eigenvalue weighted by Crippen LogP contribution is -2.33. The number of aromatic amines is 1. The Morgan fingerprint density at radius 2 is 2.35 bits per heavy atom. The molecule has 3 rings (SSSR count). The van der Waals surface area contributed by atoms with Crippen LogP contribution in [-0.2, 0) is 11.2 Å². The summed E-state index contributed by atoms with van der Waals surface area (Å²) in [5.41, 5.74) is 3.79. The minimum absolute atomic E-state index is 0.0331. The molecule has 1 saturated heterocycles. The Bertz CT molecular complexity index is 674. The second-order valence-electron chi connectivity index (χ2n) is 5.52. The summed E-state index contributed by atoms with van der Waals surface area (Å²) in [7, 11) is 0. The summed E-state index contributed by atoms with van der Waals surface area (Å²) < 4.78 is 5.66. The summed E-state index contributed by atoms with van der Waals surface area (Å²) >= 11 is 0. The molecule has 2 aromatic rings. The largest absolute Gasteiger partial charge is 0.369 e. The summed E-state index contributed by atoms with van der Waals surface area (Å²) in [6.45, 7) is 6.22. The van der Waals surface area contributed by atoms with Crippen molar-refractivity contribution in [3.8, 4) is 0 Å². The zero-order chi connectivity index (χ0) is 16.2. The minimum atomic E-state index is -0.233. The van der Waals surface area contributed by atoms with E-state index in [0.29, 0.717) is 18.0 Å². The summed E-state index contributed by atoms with van der Waals surface area (Å²) in [6.07, 6.45) is 2.43. The Balaban J connectivity index is 1.67. The molecular weight excluding hydrogens is 294 g/mol. The summed E-state index contributed by atoms with van der Waals surface area (Å²) in [4.78, 5) is 16.7. The number of ether oxygens (including phenoxy) is 1. The molecule has 0 spiro atoms.